The van der Waals surface area contributed by atoms with Gasteiger partial charge in [0, 0.05) is 25.0 Å². The number of aliphatic imine (C=N–C) groups is 1. The zero-order valence-corrected chi connectivity index (χ0v) is 15.0. The first-order valence-electron chi connectivity index (χ1n) is 6.77. The Morgan fingerprint density at radius 3 is 2.84 bits per heavy atom. The van der Waals surface area contributed by atoms with Crippen LogP contribution in [0.5, 0.6) is 0 Å². The lowest BCUT2D eigenvalue weighted by Gasteiger charge is -2.12. The predicted octanol–water partition coefficient (Wildman–Crippen LogP) is 3.43. The van der Waals surface area contributed by atoms with Crippen molar-refractivity contribution >= 4 is 41.3 Å². The van der Waals surface area contributed by atoms with E-state index in [2.05, 4.69) is 53.2 Å². The molecule has 3 atom stereocenters. The van der Waals surface area contributed by atoms with Crippen LogP contribution in [0.4, 0.5) is 0 Å². The molecule has 1 heterocycles. The third kappa shape index (κ3) is 5.30. The monoisotopic (exact) mass is 393 g/mol. The Morgan fingerprint density at radius 2 is 2.32 bits per heavy atom. The van der Waals surface area contributed by atoms with Crippen molar-refractivity contribution in [3.8, 4) is 0 Å². The molecule has 5 heteroatoms. The molecule has 1 aromatic heterocycles. The van der Waals surface area contributed by atoms with E-state index < -0.39 is 0 Å². The Hall–Kier alpha value is -0.300. The van der Waals surface area contributed by atoms with Gasteiger partial charge in [-0.1, -0.05) is 13.8 Å². The highest BCUT2D eigenvalue weighted by Gasteiger charge is 2.33. The van der Waals surface area contributed by atoms with Gasteiger partial charge < -0.3 is 10.6 Å². The summed E-state index contributed by atoms with van der Waals surface area (Å²) >= 11 is 1.75. The zero-order chi connectivity index (χ0) is 13.0. The van der Waals surface area contributed by atoms with Gasteiger partial charge in [-0.15, -0.1) is 24.0 Å². The maximum Gasteiger partial charge on any atom is 0.191 e. The van der Waals surface area contributed by atoms with Crippen LogP contribution in [0.15, 0.2) is 21.8 Å². The molecule has 19 heavy (non-hydrogen) atoms. The topological polar surface area (TPSA) is 36.4 Å². The minimum Gasteiger partial charge on any atom is -0.357 e. The number of halogens is 1. The van der Waals surface area contributed by atoms with Gasteiger partial charge in [-0.25, -0.2) is 0 Å². The average molecular weight is 393 g/mol. The molecule has 3 unspecified atom stereocenters. The molecule has 0 radical (unpaired) electrons. The average Bonchev–Trinajstić information content (AvgIpc) is 2.86. The van der Waals surface area contributed by atoms with Crippen LogP contribution in [-0.2, 0) is 0 Å². The van der Waals surface area contributed by atoms with Crippen LogP contribution in [0.25, 0.3) is 0 Å². The van der Waals surface area contributed by atoms with Gasteiger partial charge in [-0.2, -0.15) is 11.3 Å². The summed E-state index contributed by atoms with van der Waals surface area (Å²) in [5, 5.41) is 11.1. The van der Waals surface area contributed by atoms with E-state index in [4.69, 9.17) is 0 Å². The first-order chi connectivity index (χ1) is 8.70. The molecular weight excluding hydrogens is 369 g/mol. The van der Waals surface area contributed by atoms with E-state index >= 15 is 0 Å². The van der Waals surface area contributed by atoms with Crippen LogP contribution in [0, 0.1) is 5.92 Å². The van der Waals surface area contributed by atoms with Gasteiger partial charge in [0.15, 0.2) is 5.96 Å². The predicted molar refractivity (Wildman–Crippen MR) is 94.8 cm³/mol. The molecule has 3 nitrogen and oxygen atoms in total. The summed E-state index contributed by atoms with van der Waals surface area (Å²) in [5.41, 5.74) is 1.39. The lowest BCUT2D eigenvalue weighted by molar-refractivity contribution is 0.735. The fourth-order valence-corrected chi connectivity index (χ4v) is 2.69. The molecule has 2 rings (SSSR count). The van der Waals surface area contributed by atoms with Crippen molar-refractivity contribution in [1.82, 2.24) is 10.6 Å². The van der Waals surface area contributed by atoms with Crippen molar-refractivity contribution in [2.45, 2.75) is 39.2 Å². The third-order valence-electron chi connectivity index (χ3n) is 3.41. The van der Waals surface area contributed by atoms with Gasteiger partial charge in [0.05, 0.1) is 0 Å². The number of rotatable bonds is 5. The SMILES string of the molecule is CCNC(=NCC(C)c1ccsc1)NC1CC1C.I. The second-order valence-corrected chi connectivity index (χ2v) is 5.92. The van der Waals surface area contributed by atoms with Gasteiger partial charge in [0.2, 0.25) is 0 Å². The minimum absolute atomic E-state index is 0. The van der Waals surface area contributed by atoms with E-state index in [1.165, 1.54) is 12.0 Å². The summed E-state index contributed by atoms with van der Waals surface area (Å²) in [6.07, 6.45) is 1.27. The molecule has 108 valence electrons. The molecule has 0 saturated heterocycles. The van der Waals surface area contributed by atoms with E-state index in [1.54, 1.807) is 11.3 Å². The maximum atomic E-state index is 4.68. The van der Waals surface area contributed by atoms with Gasteiger partial charge in [0.1, 0.15) is 0 Å². The van der Waals surface area contributed by atoms with Gasteiger partial charge in [-0.05, 0) is 41.7 Å². The summed E-state index contributed by atoms with van der Waals surface area (Å²) in [5.74, 6) is 2.25. The Morgan fingerprint density at radius 1 is 1.58 bits per heavy atom. The second kappa shape index (κ2) is 8.09. The normalized spacial score (nSPS) is 23.4. The highest BCUT2D eigenvalue weighted by Crippen LogP contribution is 2.28. The summed E-state index contributed by atoms with van der Waals surface area (Å²) in [4.78, 5) is 4.68. The van der Waals surface area contributed by atoms with Crippen LogP contribution >= 0.6 is 35.3 Å². The van der Waals surface area contributed by atoms with Crippen molar-refractivity contribution < 1.29 is 0 Å². The number of nitrogens with zero attached hydrogens (tertiary/aromatic N) is 1. The highest BCUT2D eigenvalue weighted by atomic mass is 127. The van der Waals surface area contributed by atoms with E-state index in [9.17, 15) is 0 Å². The van der Waals surface area contributed by atoms with E-state index in [0.717, 1.165) is 25.0 Å². The summed E-state index contributed by atoms with van der Waals surface area (Å²) in [6.45, 7) is 8.37. The van der Waals surface area contributed by atoms with Crippen molar-refractivity contribution in [1.29, 1.82) is 0 Å². The smallest absolute Gasteiger partial charge is 0.191 e. The van der Waals surface area contributed by atoms with Gasteiger partial charge in [-0.3, -0.25) is 4.99 Å². The molecule has 1 saturated carbocycles. The second-order valence-electron chi connectivity index (χ2n) is 5.14. The zero-order valence-electron chi connectivity index (χ0n) is 11.8. The van der Waals surface area contributed by atoms with Gasteiger partial charge in [0.25, 0.3) is 0 Å². The molecule has 1 aromatic rings. The first-order valence-corrected chi connectivity index (χ1v) is 7.72. The quantitative estimate of drug-likeness (QED) is 0.457. The standard InChI is InChI=1S/C14H23N3S.HI/c1-4-15-14(17-13-7-10(13)2)16-8-11(3)12-5-6-18-9-12;/h5-6,9-11,13H,4,7-8H2,1-3H3,(H2,15,16,17);1H. The molecule has 1 aliphatic carbocycles. The maximum absolute atomic E-state index is 4.68. The molecule has 0 aromatic carbocycles. The van der Waals surface area contributed by atoms with Crippen LogP contribution in [0.3, 0.4) is 0 Å². The third-order valence-corrected chi connectivity index (χ3v) is 4.11. The van der Waals surface area contributed by atoms with Crippen LogP contribution in [-0.4, -0.2) is 25.1 Å². The van der Waals surface area contributed by atoms with Crippen LogP contribution in [0.2, 0.25) is 0 Å². The van der Waals surface area contributed by atoms with Crippen molar-refractivity contribution in [2.24, 2.45) is 10.9 Å². The fraction of sp³-hybridized carbons (Fsp3) is 0.643. The number of hydrogen-bond donors (Lipinski definition) is 2. The Balaban J connectivity index is 0.00000180. The van der Waals surface area contributed by atoms with Gasteiger partial charge >= 0.3 is 0 Å². The highest BCUT2D eigenvalue weighted by molar-refractivity contribution is 14.0. The molecule has 1 aliphatic rings. The van der Waals surface area contributed by atoms with Crippen molar-refractivity contribution in [2.75, 3.05) is 13.1 Å². The largest absolute Gasteiger partial charge is 0.357 e. The lowest BCUT2D eigenvalue weighted by Crippen LogP contribution is -2.39. The minimum atomic E-state index is 0. The molecule has 0 bridgehead atoms. The van der Waals surface area contributed by atoms with Crippen molar-refractivity contribution in [3.63, 3.8) is 0 Å². The van der Waals surface area contributed by atoms with Crippen LogP contribution < -0.4 is 10.6 Å². The first kappa shape index (κ1) is 16.8. The van der Waals surface area contributed by atoms with Crippen molar-refractivity contribution in [3.05, 3.63) is 22.4 Å². The molecule has 2 N–H and O–H groups in total. The Bertz CT molecular complexity index is 391. The number of guanidine groups is 1. The Kier molecular flexibility index (Phi) is 7.13. The lowest BCUT2D eigenvalue weighted by atomic mass is 10.1. The molecule has 0 aliphatic heterocycles. The summed E-state index contributed by atoms with van der Waals surface area (Å²) < 4.78 is 0. The molecule has 0 amide bonds. The molecule has 0 spiro atoms. The van der Waals surface area contributed by atoms with E-state index in [0.29, 0.717) is 12.0 Å². The number of nitrogens with one attached hydrogen (secondary N) is 2. The van der Waals surface area contributed by atoms with Crippen LogP contribution in [0.1, 0.15) is 38.7 Å². The Labute approximate surface area is 137 Å². The summed E-state index contributed by atoms with van der Waals surface area (Å²) in [6, 6.07) is 2.81. The number of thiophene rings is 1. The molecular formula is C14H24IN3S. The fourth-order valence-electron chi connectivity index (χ4n) is 1.91. The number of hydrogen-bond acceptors (Lipinski definition) is 2. The summed E-state index contributed by atoms with van der Waals surface area (Å²) in [7, 11) is 0. The molecule has 1 fully saturated rings. The van der Waals surface area contributed by atoms with E-state index in [-0.39, 0.29) is 24.0 Å². The van der Waals surface area contributed by atoms with E-state index in [1.807, 2.05) is 0 Å².